The predicted molar refractivity (Wildman–Crippen MR) is 82.8 cm³/mol. The van der Waals surface area contributed by atoms with Crippen molar-refractivity contribution in [3.8, 4) is 0 Å². The van der Waals surface area contributed by atoms with Gasteiger partial charge in [0.1, 0.15) is 5.54 Å². The maximum Gasteiger partial charge on any atom is 0.243 e. The lowest BCUT2D eigenvalue weighted by molar-refractivity contribution is -0.186. The third-order valence-corrected chi connectivity index (χ3v) is 6.42. The molecule has 3 aliphatic rings. The second-order valence-electron chi connectivity index (χ2n) is 7.69. The van der Waals surface area contributed by atoms with Crippen LogP contribution in [0.3, 0.4) is 0 Å². The highest BCUT2D eigenvalue weighted by Gasteiger charge is 2.72. The molecule has 2 heterocycles. The van der Waals surface area contributed by atoms with E-state index in [1.54, 1.807) is 0 Å². The van der Waals surface area contributed by atoms with Crippen LogP contribution in [0.5, 0.6) is 0 Å². The number of nitrogens with two attached hydrogens (primary N) is 1. The first kappa shape index (κ1) is 15.3. The molecule has 120 valence electrons. The Morgan fingerprint density at radius 3 is 2.76 bits per heavy atom. The van der Waals surface area contributed by atoms with Gasteiger partial charge >= 0.3 is 0 Å². The molecule has 0 aromatic rings. The maximum absolute atomic E-state index is 13.3. The van der Waals surface area contributed by atoms with E-state index in [1.165, 1.54) is 12.8 Å². The van der Waals surface area contributed by atoms with Crippen molar-refractivity contribution in [2.24, 2.45) is 17.1 Å². The Labute approximate surface area is 128 Å². The molecule has 0 spiro atoms. The number of carbonyl (C=O) groups is 1. The van der Waals surface area contributed by atoms with Gasteiger partial charge in [-0.3, -0.25) is 4.79 Å². The van der Waals surface area contributed by atoms with Gasteiger partial charge in [0, 0.05) is 30.5 Å². The van der Waals surface area contributed by atoms with E-state index >= 15 is 0 Å². The second-order valence-corrected chi connectivity index (χ2v) is 7.69. The Balaban J connectivity index is 1.86. The molecule has 2 saturated heterocycles. The summed E-state index contributed by atoms with van der Waals surface area (Å²) in [5, 5.41) is 0. The molecule has 2 aliphatic heterocycles. The normalized spacial score (nSPS) is 42.1. The van der Waals surface area contributed by atoms with Gasteiger partial charge in [-0.1, -0.05) is 33.6 Å². The van der Waals surface area contributed by atoms with Crippen molar-refractivity contribution in [1.29, 1.82) is 0 Å². The summed E-state index contributed by atoms with van der Waals surface area (Å²) in [6.07, 6.45) is 6.84. The van der Waals surface area contributed by atoms with Gasteiger partial charge in [-0.15, -0.1) is 0 Å². The van der Waals surface area contributed by atoms with E-state index in [1.807, 2.05) is 0 Å². The van der Waals surface area contributed by atoms with Crippen LogP contribution < -0.4 is 5.73 Å². The van der Waals surface area contributed by atoms with Crippen molar-refractivity contribution in [2.75, 3.05) is 13.2 Å². The van der Waals surface area contributed by atoms with Gasteiger partial charge in [0.05, 0.1) is 6.10 Å². The second kappa shape index (κ2) is 5.24. The third-order valence-electron chi connectivity index (χ3n) is 6.42. The fourth-order valence-electron chi connectivity index (χ4n) is 4.93. The van der Waals surface area contributed by atoms with Gasteiger partial charge in [0.2, 0.25) is 5.91 Å². The number of hydrogen-bond acceptors (Lipinski definition) is 3. The summed E-state index contributed by atoms with van der Waals surface area (Å²) >= 11 is 0. The summed E-state index contributed by atoms with van der Waals surface area (Å²) in [4.78, 5) is 15.4. The molecule has 4 heteroatoms. The van der Waals surface area contributed by atoms with Crippen LogP contribution in [0.2, 0.25) is 0 Å². The molecule has 0 bridgehead atoms. The number of rotatable bonds is 2. The lowest BCUT2D eigenvalue weighted by Crippen LogP contribution is -2.80. The first-order chi connectivity index (χ1) is 9.94. The van der Waals surface area contributed by atoms with Crippen molar-refractivity contribution >= 4 is 5.91 Å². The molecule has 1 amide bonds. The molecule has 0 aromatic heterocycles. The summed E-state index contributed by atoms with van der Waals surface area (Å²) in [7, 11) is 0. The summed E-state index contributed by atoms with van der Waals surface area (Å²) < 4.78 is 5.83. The summed E-state index contributed by atoms with van der Waals surface area (Å²) in [6.45, 7) is 8.03. The van der Waals surface area contributed by atoms with Gasteiger partial charge in [0.25, 0.3) is 0 Å². The largest absolute Gasteiger partial charge is 0.377 e. The van der Waals surface area contributed by atoms with Crippen LogP contribution in [0.15, 0.2) is 0 Å². The van der Waals surface area contributed by atoms with E-state index in [2.05, 4.69) is 25.7 Å². The number of hydrogen-bond donors (Lipinski definition) is 1. The fourth-order valence-corrected chi connectivity index (χ4v) is 4.93. The van der Waals surface area contributed by atoms with Crippen LogP contribution >= 0.6 is 0 Å². The standard InChI is InChI=1S/C17H30N2O2/c1-4-12-8-6-5-7-10-19(12)15(20)17(18)13-9-11-21-14(13)16(17,2)3/h12-14H,4-11,18H2,1-3H3. The van der Waals surface area contributed by atoms with Gasteiger partial charge < -0.3 is 15.4 Å². The average molecular weight is 294 g/mol. The van der Waals surface area contributed by atoms with Gasteiger partial charge in [-0.2, -0.15) is 0 Å². The topological polar surface area (TPSA) is 55.6 Å². The first-order valence-corrected chi connectivity index (χ1v) is 8.66. The number of likely N-dealkylation sites (tertiary alicyclic amines) is 1. The first-order valence-electron chi connectivity index (χ1n) is 8.66. The monoisotopic (exact) mass is 294 g/mol. The quantitative estimate of drug-likeness (QED) is 0.850. The van der Waals surface area contributed by atoms with Crippen LogP contribution in [-0.2, 0) is 9.53 Å². The summed E-state index contributed by atoms with van der Waals surface area (Å²) in [6, 6.07) is 0.373. The van der Waals surface area contributed by atoms with Crippen LogP contribution in [0.1, 0.15) is 59.3 Å². The highest BCUT2D eigenvalue weighted by atomic mass is 16.5. The van der Waals surface area contributed by atoms with E-state index in [0.29, 0.717) is 6.04 Å². The molecular weight excluding hydrogens is 264 g/mol. The SMILES string of the molecule is CCC1CCCCCN1C(=O)C1(N)C2CCOC2C1(C)C. The zero-order valence-corrected chi connectivity index (χ0v) is 13.7. The van der Waals surface area contributed by atoms with Crippen molar-refractivity contribution in [3.63, 3.8) is 0 Å². The summed E-state index contributed by atoms with van der Waals surface area (Å²) in [5.41, 5.74) is 5.75. The zero-order chi connectivity index (χ0) is 15.3. The van der Waals surface area contributed by atoms with Gasteiger partial charge in [-0.25, -0.2) is 0 Å². The minimum atomic E-state index is -0.730. The van der Waals surface area contributed by atoms with Crippen molar-refractivity contribution < 1.29 is 9.53 Å². The molecule has 2 N–H and O–H groups in total. The van der Waals surface area contributed by atoms with E-state index in [4.69, 9.17) is 10.5 Å². The number of fused-ring (bicyclic) bond motifs is 1. The predicted octanol–water partition coefficient (Wildman–Crippen LogP) is 2.31. The van der Waals surface area contributed by atoms with Crippen LogP contribution in [0.25, 0.3) is 0 Å². The Bertz CT molecular complexity index is 423. The lowest BCUT2D eigenvalue weighted by atomic mass is 9.47. The van der Waals surface area contributed by atoms with Crippen LogP contribution in [0.4, 0.5) is 0 Å². The Hall–Kier alpha value is -0.610. The van der Waals surface area contributed by atoms with E-state index < -0.39 is 5.54 Å². The smallest absolute Gasteiger partial charge is 0.243 e. The van der Waals surface area contributed by atoms with E-state index in [9.17, 15) is 4.79 Å². The highest BCUT2D eigenvalue weighted by molar-refractivity contribution is 5.90. The Kier molecular flexibility index (Phi) is 3.81. The molecule has 21 heavy (non-hydrogen) atoms. The number of carbonyl (C=O) groups excluding carboxylic acids is 1. The third kappa shape index (κ3) is 1.98. The van der Waals surface area contributed by atoms with Crippen molar-refractivity contribution in [3.05, 3.63) is 0 Å². The minimum absolute atomic E-state index is 0.165. The average Bonchev–Trinajstić information content (AvgIpc) is 2.82. The van der Waals surface area contributed by atoms with E-state index in [-0.39, 0.29) is 23.3 Å². The molecule has 4 unspecified atom stereocenters. The molecule has 0 aromatic carbocycles. The van der Waals surface area contributed by atoms with E-state index in [0.717, 1.165) is 38.8 Å². The molecule has 0 radical (unpaired) electrons. The number of ether oxygens (including phenoxy) is 1. The Morgan fingerprint density at radius 2 is 2.05 bits per heavy atom. The number of amides is 1. The molecular formula is C17H30N2O2. The van der Waals surface area contributed by atoms with Crippen LogP contribution in [0, 0.1) is 11.3 Å². The molecule has 4 atom stereocenters. The number of nitrogens with zero attached hydrogens (tertiary/aromatic N) is 1. The molecule has 4 nitrogen and oxygen atoms in total. The minimum Gasteiger partial charge on any atom is -0.377 e. The van der Waals surface area contributed by atoms with Gasteiger partial charge in [0.15, 0.2) is 0 Å². The highest BCUT2D eigenvalue weighted by Crippen LogP contribution is 2.58. The van der Waals surface area contributed by atoms with Crippen molar-refractivity contribution in [1.82, 2.24) is 4.90 Å². The lowest BCUT2D eigenvalue weighted by Gasteiger charge is -2.62. The summed E-state index contributed by atoms with van der Waals surface area (Å²) in [5.74, 6) is 0.397. The molecule has 3 fully saturated rings. The van der Waals surface area contributed by atoms with Crippen LogP contribution in [-0.4, -0.2) is 41.6 Å². The fraction of sp³-hybridized carbons (Fsp3) is 0.941. The molecule has 3 rings (SSSR count). The Morgan fingerprint density at radius 1 is 1.29 bits per heavy atom. The molecule has 1 saturated carbocycles. The van der Waals surface area contributed by atoms with Crippen molar-refractivity contribution in [2.45, 2.75) is 77.0 Å². The molecule has 1 aliphatic carbocycles. The maximum atomic E-state index is 13.3. The zero-order valence-electron chi connectivity index (χ0n) is 13.7. The van der Waals surface area contributed by atoms with Gasteiger partial charge in [-0.05, 0) is 25.7 Å².